The molecule has 0 N–H and O–H groups in total. The van der Waals surface area contributed by atoms with Gasteiger partial charge in [0, 0.05) is 37.9 Å². The first-order valence-corrected chi connectivity index (χ1v) is 17.1. The van der Waals surface area contributed by atoms with E-state index in [2.05, 4.69) is 122 Å². The summed E-state index contributed by atoms with van der Waals surface area (Å²) >= 11 is 0. The minimum atomic E-state index is -0.0872. The minimum absolute atomic E-state index is 0.0872. The SMILES string of the molecule is CC1C=Cc2oc3cccc(-c4nc(-n5c6c(c7c8ccccc8ccc75)=CC5(C)CC=CC=C5C=6)nc5c4oc4ccccc45)c3c2C1. The van der Waals surface area contributed by atoms with Crippen molar-refractivity contribution < 1.29 is 8.83 Å². The highest BCUT2D eigenvalue weighted by molar-refractivity contribution is 6.11. The first-order valence-electron chi connectivity index (χ1n) is 17.1. The van der Waals surface area contributed by atoms with Crippen molar-refractivity contribution in [1.29, 1.82) is 0 Å². The maximum Gasteiger partial charge on any atom is 0.236 e. The topological polar surface area (TPSA) is 57.0 Å². The first kappa shape index (κ1) is 27.1. The predicted molar refractivity (Wildman–Crippen MR) is 199 cm³/mol. The van der Waals surface area contributed by atoms with Crippen LogP contribution < -0.4 is 10.6 Å². The predicted octanol–water partition coefficient (Wildman–Crippen LogP) is 9.56. The maximum absolute atomic E-state index is 6.63. The van der Waals surface area contributed by atoms with Gasteiger partial charge in [0.1, 0.15) is 28.1 Å². The summed E-state index contributed by atoms with van der Waals surface area (Å²) in [5.41, 5.74) is 8.43. The second kappa shape index (κ2) is 9.57. The van der Waals surface area contributed by atoms with E-state index in [0.717, 1.165) is 68.2 Å². The van der Waals surface area contributed by atoms with Gasteiger partial charge in [0.2, 0.25) is 5.95 Å². The normalized spacial score (nSPS) is 19.6. The van der Waals surface area contributed by atoms with Crippen LogP contribution >= 0.6 is 0 Å². The summed E-state index contributed by atoms with van der Waals surface area (Å²) in [4.78, 5) is 10.9. The molecule has 0 fully saturated rings. The molecule has 2 unspecified atom stereocenters. The van der Waals surface area contributed by atoms with Crippen LogP contribution in [0.25, 0.3) is 90.1 Å². The maximum atomic E-state index is 6.63. The molecule has 3 aliphatic rings. The van der Waals surface area contributed by atoms with E-state index in [4.69, 9.17) is 18.8 Å². The number of hydrogen-bond acceptors (Lipinski definition) is 4. The van der Waals surface area contributed by atoms with Crippen molar-refractivity contribution in [1.82, 2.24) is 14.5 Å². The number of fused-ring (bicyclic) bond motifs is 12. The van der Waals surface area contributed by atoms with Crippen LogP contribution in [0.5, 0.6) is 0 Å². The van der Waals surface area contributed by atoms with Gasteiger partial charge in [0.05, 0.1) is 10.9 Å². The molecule has 234 valence electrons. The van der Waals surface area contributed by atoms with Crippen LogP contribution in [-0.4, -0.2) is 14.5 Å². The standard InChI is InChI=1S/C44H31N3O2/c1-25-17-20-36-31(22-25)39-30(14-9-16-37(39)48-36)41-42-40(29-13-5-6-15-35(29)49-42)45-43(46-41)47-33-19-18-26-10-3-4-12-28(26)38(33)32-24-44(2)21-8-7-11-27(44)23-34(32)47/h3-20,23-25H,21-22H2,1-2H3. The molecular formula is C44H31N3O2. The Morgan fingerprint density at radius 3 is 2.65 bits per heavy atom. The number of benzene rings is 4. The van der Waals surface area contributed by atoms with E-state index in [1.807, 2.05) is 18.2 Å². The number of rotatable bonds is 2. The van der Waals surface area contributed by atoms with Gasteiger partial charge in [-0.2, -0.15) is 0 Å². The van der Waals surface area contributed by atoms with E-state index in [1.165, 1.54) is 32.5 Å². The van der Waals surface area contributed by atoms with Crippen LogP contribution in [0.3, 0.4) is 0 Å². The van der Waals surface area contributed by atoms with Gasteiger partial charge in [-0.3, -0.25) is 4.57 Å². The Morgan fingerprint density at radius 1 is 0.857 bits per heavy atom. The van der Waals surface area contributed by atoms with Gasteiger partial charge in [0.15, 0.2) is 5.58 Å². The molecule has 4 heterocycles. The number of hydrogen-bond donors (Lipinski definition) is 0. The fraction of sp³-hybridized carbons (Fsp3) is 0.136. The van der Waals surface area contributed by atoms with Crippen molar-refractivity contribution in [2.24, 2.45) is 11.3 Å². The fourth-order valence-electron chi connectivity index (χ4n) is 8.49. The van der Waals surface area contributed by atoms with Crippen LogP contribution in [0.1, 0.15) is 31.6 Å². The van der Waals surface area contributed by atoms with Crippen molar-refractivity contribution in [3.8, 4) is 17.2 Å². The molecule has 2 atom stereocenters. The second-order valence-electron chi connectivity index (χ2n) is 14.1. The minimum Gasteiger partial charge on any atom is -0.456 e. The number of para-hydroxylation sites is 1. The Hall–Kier alpha value is -5.94. The molecule has 4 aromatic heterocycles. The highest BCUT2D eigenvalue weighted by atomic mass is 16.3. The lowest BCUT2D eigenvalue weighted by atomic mass is 9.74. The van der Waals surface area contributed by atoms with Crippen molar-refractivity contribution in [3.05, 3.63) is 131 Å². The van der Waals surface area contributed by atoms with Crippen LogP contribution in [0.2, 0.25) is 0 Å². The van der Waals surface area contributed by atoms with Gasteiger partial charge >= 0.3 is 0 Å². The van der Waals surface area contributed by atoms with Gasteiger partial charge in [-0.1, -0.05) is 98.8 Å². The summed E-state index contributed by atoms with van der Waals surface area (Å²) in [5.74, 6) is 1.97. The van der Waals surface area contributed by atoms with E-state index in [9.17, 15) is 0 Å². The second-order valence-corrected chi connectivity index (χ2v) is 14.1. The van der Waals surface area contributed by atoms with Gasteiger partial charge < -0.3 is 8.83 Å². The molecule has 3 aliphatic carbocycles. The van der Waals surface area contributed by atoms with Crippen molar-refractivity contribution in [2.75, 3.05) is 0 Å². The lowest BCUT2D eigenvalue weighted by molar-refractivity contribution is 0.569. The zero-order valence-corrected chi connectivity index (χ0v) is 27.2. The highest BCUT2D eigenvalue weighted by Crippen LogP contribution is 2.43. The lowest BCUT2D eigenvalue weighted by Gasteiger charge is -2.30. The summed E-state index contributed by atoms with van der Waals surface area (Å²) in [5, 5.41) is 8.08. The summed E-state index contributed by atoms with van der Waals surface area (Å²) in [6, 6.07) is 27.6. The molecule has 0 spiro atoms. The van der Waals surface area contributed by atoms with E-state index in [1.54, 1.807) is 0 Å². The number of furan rings is 2. The number of aromatic nitrogens is 3. The lowest BCUT2D eigenvalue weighted by Crippen LogP contribution is -2.37. The van der Waals surface area contributed by atoms with E-state index in [0.29, 0.717) is 17.4 Å². The van der Waals surface area contributed by atoms with E-state index >= 15 is 0 Å². The molecule has 5 nitrogen and oxygen atoms in total. The summed E-state index contributed by atoms with van der Waals surface area (Å²) in [6.45, 7) is 4.60. The number of nitrogens with zero attached hydrogens (tertiary/aromatic N) is 3. The highest BCUT2D eigenvalue weighted by Gasteiger charge is 2.31. The van der Waals surface area contributed by atoms with Crippen molar-refractivity contribution >= 4 is 72.9 Å². The molecule has 0 amide bonds. The molecule has 0 saturated carbocycles. The average molecular weight is 634 g/mol. The molecule has 11 rings (SSSR count). The molecule has 49 heavy (non-hydrogen) atoms. The quantitative estimate of drug-likeness (QED) is 0.190. The third-order valence-electron chi connectivity index (χ3n) is 10.9. The molecule has 0 radical (unpaired) electrons. The van der Waals surface area contributed by atoms with E-state index in [-0.39, 0.29) is 5.41 Å². The summed E-state index contributed by atoms with van der Waals surface area (Å²) in [6.07, 6.45) is 17.8. The molecule has 4 aromatic carbocycles. The van der Waals surface area contributed by atoms with Crippen LogP contribution in [0.4, 0.5) is 0 Å². The Kier molecular flexibility index (Phi) is 5.29. The Morgan fingerprint density at radius 2 is 1.71 bits per heavy atom. The van der Waals surface area contributed by atoms with Gasteiger partial charge in [-0.25, -0.2) is 9.97 Å². The van der Waals surface area contributed by atoms with Gasteiger partial charge in [-0.05, 0) is 71.5 Å². The van der Waals surface area contributed by atoms with Crippen LogP contribution in [-0.2, 0) is 6.42 Å². The van der Waals surface area contributed by atoms with Gasteiger partial charge in [-0.15, -0.1) is 0 Å². The zero-order valence-electron chi connectivity index (χ0n) is 27.2. The molecule has 0 bridgehead atoms. The molecule has 0 saturated heterocycles. The summed E-state index contributed by atoms with van der Waals surface area (Å²) < 4.78 is 15.3. The monoisotopic (exact) mass is 633 g/mol. The van der Waals surface area contributed by atoms with Crippen molar-refractivity contribution in [2.45, 2.75) is 26.7 Å². The summed E-state index contributed by atoms with van der Waals surface area (Å²) in [7, 11) is 0. The first-order chi connectivity index (χ1) is 24.0. The average Bonchev–Trinajstić information content (AvgIpc) is 3.79. The number of allylic oxidation sites excluding steroid dienone is 5. The molecule has 8 aromatic rings. The Labute approximate surface area is 281 Å². The molecular weight excluding hydrogens is 603 g/mol. The largest absolute Gasteiger partial charge is 0.456 e. The smallest absolute Gasteiger partial charge is 0.236 e. The third kappa shape index (κ3) is 3.70. The molecule has 0 aliphatic heterocycles. The van der Waals surface area contributed by atoms with Crippen molar-refractivity contribution in [3.63, 3.8) is 0 Å². The van der Waals surface area contributed by atoms with Crippen LogP contribution in [0, 0.1) is 11.3 Å². The Balaban J connectivity index is 1.31. The fourth-order valence-corrected chi connectivity index (χ4v) is 8.49. The Bertz CT molecular complexity index is 2980. The van der Waals surface area contributed by atoms with Crippen LogP contribution in [0.15, 0.2) is 118 Å². The van der Waals surface area contributed by atoms with Gasteiger partial charge in [0.25, 0.3) is 0 Å². The molecule has 5 heteroatoms. The zero-order chi connectivity index (χ0) is 32.4. The van der Waals surface area contributed by atoms with E-state index < -0.39 is 0 Å². The third-order valence-corrected chi connectivity index (χ3v) is 10.9.